The molecular weight excluding hydrogens is 386 g/mol. The van der Waals surface area contributed by atoms with Gasteiger partial charge >= 0.3 is 0 Å². The molecule has 0 aromatic heterocycles. The summed E-state index contributed by atoms with van der Waals surface area (Å²) in [5.74, 6) is -1.98. The van der Waals surface area contributed by atoms with Crippen molar-refractivity contribution in [1.82, 2.24) is 0 Å². The van der Waals surface area contributed by atoms with Gasteiger partial charge in [0.25, 0.3) is 5.91 Å². The minimum absolute atomic E-state index is 0.0787. The highest BCUT2D eigenvalue weighted by Crippen LogP contribution is 2.25. The minimum atomic E-state index is -1.24. The number of carbonyl (C=O) groups is 2. The molecule has 0 saturated carbocycles. The molecule has 6 nitrogen and oxygen atoms in total. The molecule has 0 N–H and O–H groups in total. The average Bonchev–Trinajstić information content (AvgIpc) is 2.88. The van der Waals surface area contributed by atoms with Crippen LogP contribution in [-0.2, 0) is 4.79 Å². The largest absolute Gasteiger partial charge is 0.545 e. The van der Waals surface area contributed by atoms with E-state index in [1.165, 1.54) is 23.4 Å². The summed E-state index contributed by atoms with van der Waals surface area (Å²) in [6, 6.07) is 13.2. The number of benzene rings is 2. The first-order valence-corrected chi connectivity index (χ1v) is 8.25. The molecule has 2 aromatic rings. The van der Waals surface area contributed by atoms with Gasteiger partial charge in [0.05, 0.1) is 23.1 Å². The summed E-state index contributed by atoms with van der Waals surface area (Å²) in [7, 11) is 0. The number of halogens is 1. The van der Waals surface area contributed by atoms with Gasteiger partial charge < -0.3 is 9.90 Å². The first-order valence-electron chi connectivity index (χ1n) is 7.46. The van der Waals surface area contributed by atoms with E-state index in [0.29, 0.717) is 17.1 Å². The molecule has 126 valence electrons. The number of anilines is 1. The van der Waals surface area contributed by atoms with Crippen LogP contribution in [0.15, 0.2) is 63.1 Å². The first-order chi connectivity index (χ1) is 12.0. The molecule has 1 aliphatic rings. The van der Waals surface area contributed by atoms with Crippen LogP contribution in [0.5, 0.6) is 0 Å². The van der Waals surface area contributed by atoms with Crippen LogP contribution in [0, 0.1) is 5.92 Å². The van der Waals surface area contributed by atoms with E-state index in [4.69, 9.17) is 0 Å². The highest BCUT2D eigenvalue weighted by atomic mass is 79.9. The molecule has 1 atom stereocenters. The maximum atomic E-state index is 12.6. The number of hydrazone groups is 1. The Hall–Kier alpha value is -2.80. The van der Waals surface area contributed by atoms with Crippen LogP contribution >= 0.6 is 15.9 Å². The van der Waals surface area contributed by atoms with Gasteiger partial charge in [-0.2, -0.15) is 10.1 Å². The Balaban J connectivity index is 1.77. The number of carbonyl (C=O) groups excluding carboxylic acids is 2. The predicted octanol–water partition coefficient (Wildman–Crippen LogP) is 2.55. The van der Waals surface area contributed by atoms with E-state index < -0.39 is 11.9 Å². The quantitative estimate of drug-likeness (QED) is 0.741. The van der Waals surface area contributed by atoms with Gasteiger partial charge in [-0.1, -0.05) is 28.1 Å². The lowest BCUT2D eigenvalue weighted by atomic mass is 10.1. The Labute approximate surface area is 152 Å². The maximum Gasteiger partial charge on any atom is 0.261 e. The number of carboxylic acid groups (broad SMARTS) is 1. The fraction of sp³-hybridized carbons (Fsp3) is 0.111. The summed E-state index contributed by atoms with van der Waals surface area (Å²) < 4.78 is 0.918. The van der Waals surface area contributed by atoms with E-state index in [1.807, 2.05) is 12.1 Å². The van der Waals surface area contributed by atoms with Crippen molar-refractivity contribution in [2.45, 2.75) is 6.92 Å². The van der Waals surface area contributed by atoms with E-state index >= 15 is 0 Å². The zero-order valence-corrected chi connectivity index (χ0v) is 14.8. The molecule has 2 aromatic carbocycles. The number of hydrogen-bond acceptors (Lipinski definition) is 5. The number of rotatable bonds is 4. The zero-order valence-electron chi connectivity index (χ0n) is 13.2. The molecular formula is C18H13BrN3O3-. The van der Waals surface area contributed by atoms with Crippen LogP contribution < -0.4 is 10.1 Å². The topological polar surface area (TPSA) is 85.2 Å². The van der Waals surface area contributed by atoms with E-state index in [-0.39, 0.29) is 11.5 Å². The molecule has 1 heterocycles. The third-order valence-electron chi connectivity index (χ3n) is 3.73. The normalized spacial score (nSPS) is 17.2. The molecule has 1 unspecified atom stereocenters. The first kappa shape index (κ1) is 17.0. The van der Waals surface area contributed by atoms with E-state index in [0.717, 1.165) is 4.47 Å². The molecule has 0 fully saturated rings. The summed E-state index contributed by atoms with van der Waals surface area (Å²) in [6.07, 6.45) is 1.52. The molecule has 0 aliphatic carbocycles. The summed E-state index contributed by atoms with van der Waals surface area (Å²) in [5, 5.41) is 16.4. The lowest BCUT2D eigenvalue weighted by molar-refractivity contribution is -0.255. The highest BCUT2D eigenvalue weighted by molar-refractivity contribution is 9.10. The van der Waals surface area contributed by atoms with Crippen molar-refractivity contribution in [1.29, 1.82) is 0 Å². The second kappa shape index (κ2) is 6.98. The van der Waals surface area contributed by atoms with Gasteiger partial charge in [0.15, 0.2) is 0 Å². The Bertz CT molecular complexity index is 873. The smallest absolute Gasteiger partial charge is 0.261 e. The Kier molecular flexibility index (Phi) is 4.76. The lowest BCUT2D eigenvalue weighted by Crippen LogP contribution is -2.27. The van der Waals surface area contributed by atoms with Crippen molar-refractivity contribution in [3.05, 3.63) is 58.6 Å². The van der Waals surface area contributed by atoms with Gasteiger partial charge in [-0.25, -0.2) is 0 Å². The number of carboxylic acids is 1. The number of nitrogens with zero attached hydrogens (tertiary/aromatic N) is 3. The van der Waals surface area contributed by atoms with E-state index in [9.17, 15) is 14.7 Å². The van der Waals surface area contributed by atoms with Gasteiger partial charge in [0, 0.05) is 10.7 Å². The molecule has 0 bridgehead atoms. The molecule has 25 heavy (non-hydrogen) atoms. The highest BCUT2D eigenvalue weighted by Gasteiger charge is 2.33. The molecule has 0 spiro atoms. The van der Waals surface area contributed by atoms with Crippen molar-refractivity contribution in [3.8, 4) is 0 Å². The van der Waals surface area contributed by atoms with E-state index in [2.05, 4.69) is 26.0 Å². The molecule has 3 rings (SSSR count). The molecule has 0 radical (unpaired) electrons. The summed E-state index contributed by atoms with van der Waals surface area (Å²) in [4.78, 5) is 27.6. The van der Waals surface area contributed by atoms with Crippen LogP contribution in [0.25, 0.3) is 0 Å². The fourth-order valence-corrected chi connectivity index (χ4v) is 2.63. The number of amides is 1. The fourth-order valence-electron chi connectivity index (χ4n) is 2.36. The predicted molar refractivity (Wildman–Crippen MR) is 97.2 cm³/mol. The standard InChI is InChI=1S/C18H14BrN3O3/c1-11-16(10-20-14-6-2-12(3-7-14)18(24)25)17(23)22(21-11)15-8-4-13(19)5-9-15/h2-10,16H,1H3,(H,24,25)/p-1. The van der Waals surface area contributed by atoms with Crippen LogP contribution in [-0.4, -0.2) is 23.8 Å². The molecule has 7 heteroatoms. The van der Waals surface area contributed by atoms with Gasteiger partial charge in [-0.3, -0.25) is 9.79 Å². The monoisotopic (exact) mass is 398 g/mol. The second-order valence-electron chi connectivity index (χ2n) is 5.46. The second-order valence-corrected chi connectivity index (χ2v) is 6.37. The molecule has 0 saturated heterocycles. The van der Waals surface area contributed by atoms with Crippen molar-refractivity contribution >= 4 is 51.1 Å². The Morgan fingerprint density at radius 3 is 2.44 bits per heavy atom. The lowest BCUT2D eigenvalue weighted by Gasteiger charge is -2.12. The van der Waals surface area contributed by atoms with E-state index in [1.54, 1.807) is 31.2 Å². The van der Waals surface area contributed by atoms with Crippen LogP contribution in [0.4, 0.5) is 11.4 Å². The van der Waals surface area contributed by atoms with Crippen LogP contribution in [0.3, 0.4) is 0 Å². The van der Waals surface area contributed by atoms with Crippen LogP contribution in [0.2, 0.25) is 0 Å². The number of aromatic carboxylic acids is 1. The number of aliphatic imine (C=N–C) groups is 1. The number of hydrogen-bond donors (Lipinski definition) is 0. The zero-order chi connectivity index (χ0) is 18.0. The van der Waals surface area contributed by atoms with Crippen molar-refractivity contribution in [2.75, 3.05) is 5.01 Å². The third-order valence-corrected chi connectivity index (χ3v) is 4.26. The van der Waals surface area contributed by atoms with Crippen molar-refractivity contribution < 1.29 is 14.7 Å². The average molecular weight is 399 g/mol. The third kappa shape index (κ3) is 3.66. The summed E-state index contributed by atoms with van der Waals surface area (Å²) in [6.45, 7) is 1.77. The summed E-state index contributed by atoms with van der Waals surface area (Å²) in [5.41, 5.74) is 1.95. The van der Waals surface area contributed by atoms with Crippen molar-refractivity contribution in [3.63, 3.8) is 0 Å². The SMILES string of the molecule is CC1=NN(c2ccc(Br)cc2)C(=O)C1C=Nc1ccc(C(=O)[O-])cc1. The minimum Gasteiger partial charge on any atom is -0.545 e. The Morgan fingerprint density at radius 1 is 1.20 bits per heavy atom. The maximum absolute atomic E-state index is 12.6. The molecule has 1 amide bonds. The van der Waals surface area contributed by atoms with Gasteiger partial charge in [0.2, 0.25) is 0 Å². The van der Waals surface area contributed by atoms with Crippen molar-refractivity contribution in [2.24, 2.45) is 16.0 Å². The van der Waals surface area contributed by atoms with Crippen LogP contribution in [0.1, 0.15) is 17.3 Å². The van der Waals surface area contributed by atoms with Gasteiger partial charge in [-0.05, 0) is 48.9 Å². The Morgan fingerprint density at radius 2 is 1.84 bits per heavy atom. The summed E-state index contributed by atoms with van der Waals surface area (Å²) >= 11 is 3.36. The van der Waals surface area contributed by atoms with Gasteiger partial charge in [0.1, 0.15) is 5.92 Å². The molecule has 1 aliphatic heterocycles. The van der Waals surface area contributed by atoms with Gasteiger partial charge in [-0.15, -0.1) is 0 Å².